The highest BCUT2D eigenvalue weighted by Crippen LogP contribution is 2.34. The van der Waals surface area contributed by atoms with E-state index < -0.39 is 6.04 Å². The quantitative estimate of drug-likeness (QED) is 0.775. The number of hydrogen-bond donors (Lipinski definition) is 1. The zero-order chi connectivity index (χ0) is 21.0. The van der Waals surface area contributed by atoms with Crippen LogP contribution in [0.4, 0.5) is 15.8 Å². The van der Waals surface area contributed by atoms with Crippen LogP contribution in [0.2, 0.25) is 0 Å². The normalized spacial score (nSPS) is 14.6. The second-order valence-corrected chi connectivity index (χ2v) is 7.23. The average molecular weight is 399 g/mol. The maximum atomic E-state index is 13.4. The van der Waals surface area contributed by atoms with Crippen molar-refractivity contribution in [3.8, 4) is 5.75 Å². The number of methoxy groups -OCH3 is 1. The van der Waals surface area contributed by atoms with Crippen molar-refractivity contribution >= 4 is 23.2 Å². The highest BCUT2D eigenvalue weighted by atomic mass is 19.1. The summed E-state index contributed by atoms with van der Waals surface area (Å²) >= 11 is 0. The maximum absolute atomic E-state index is 13.4. The largest absolute Gasteiger partial charge is 0.494 e. The van der Waals surface area contributed by atoms with Gasteiger partial charge in [0.05, 0.1) is 12.8 Å². The van der Waals surface area contributed by atoms with Gasteiger partial charge in [-0.2, -0.15) is 0 Å². The molecular formula is C22H26FN3O3. The van der Waals surface area contributed by atoms with Gasteiger partial charge >= 0.3 is 0 Å². The molecule has 1 atom stereocenters. The molecule has 7 heteroatoms. The van der Waals surface area contributed by atoms with Crippen LogP contribution >= 0.6 is 0 Å². The van der Waals surface area contributed by atoms with Crippen molar-refractivity contribution in [3.05, 3.63) is 53.8 Å². The maximum Gasteiger partial charge on any atom is 0.244 e. The lowest BCUT2D eigenvalue weighted by molar-refractivity contribution is -0.130. The lowest BCUT2D eigenvalue weighted by atomic mass is 10.2. The molecule has 0 bridgehead atoms. The highest BCUT2D eigenvalue weighted by Gasteiger charge is 2.25. The number of carbonyl (C=O) groups is 2. The molecular weight excluding hydrogens is 373 g/mol. The molecule has 1 saturated heterocycles. The van der Waals surface area contributed by atoms with Gasteiger partial charge in [-0.05, 0) is 43.2 Å². The summed E-state index contributed by atoms with van der Waals surface area (Å²) in [6.07, 6.45) is 1.39. The van der Waals surface area contributed by atoms with Gasteiger partial charge in [-0.25, -0.2) is 4.39 Å². The number of ether oxygens (including phenoxy) is 1. The molecule has 1 unspecified atom stereocenters. The minimum Gasteiger partial charge on any atom is -0.494 e. The van der Waals surface area contributed by atoms with Gasteiger partial charge in [-0.15, -0.1) is 0 Å². The van der Waals surface area contributed by atoms with Crippen molar-refractivity contribution in [2.24, 2.45) is 0 Å². The van der Waals surface area contributed by atoms with E-state index in [9.17, 15) is 14.0 Å². The molecule has 154 valence electrons. The summed E-state index contributed by atoms with van der Waals surface area (Å²) in [4.78, 5) is 28.0. The minimum atomic E-state index is -0.488. The summed E-state index contributed by atoms with van der Waals surface area (Å²) in [5.41, 5.74) is 2.19. The lowest BCUT2D eigenvalue weighted by Gasteiger charge is -2.24. The van der Waals surface area contributed by atoms with E-state index in [1.807, 2.05) is 12.1 Å². The first-order chi connectivity index (χ1) is 13.9. The molecule has 1 aliphatic rings. The Hall–Kier alpha value is -3.09. The first-order valence-electron chi connectivity index (χ1n) is 9.63. The summed E-state index contributed by atoms with van der Waals surface area (Å²) in [7, 11) is 3.25. The molecule has 0 saturated carbocycles. The van der Waals surface area contributed by atoms with Crippen molar-refractivity contribution < 1.29 is 18.7 Å². The smallest absolute Gasteiger partial charge is 0.244 e. The molecule has 1 N–H and O–H groups in total. The van der Waals surface area contributed by atoms with E-state index in [1.165, 1.54) is 12.1 Å². The Labute approximate surface area is 170 Å². The van der Waals surface area contributed by atoms with Crippen LogP contribution in [0.1, 0.15) is 25.3 Å². The fraction of sp³-hybridized carbons (Fsp3) is 0.364. The number of likely N-dealkylation sites (N-methyl/N-ethyl adjacent to an activating group) is 1. The number of rotatable bonds is 7. The van der Waals surface area contributed by atoms with Gasteiger partial charge in [0.25, 0.3) is 0 Å². The van der Waals surface area contributed by atoms with Crippen LogP contribution in [0.5, 0.6) is 5.75 Å². The van der Waals surface area contributed by atoms with Crippen LogP contribution in [0, 0.1) is 5.82 Å². The van der Waals surface area contributed by atoms with Gasteiger partial charge in [-0.1, -0.05) is 12.1 Å². The van der Waals surface area contributed by atoms with E-state index in [-0.39, 0.29) is 17.6 Å². The highest BCUT2D eigenvalue weighted by molar-refractivity contribution is 5.97. The number of hydrogen-bond acceptors (Lipinski definition) is 4. The lowest BCUT2D eigenvalue weighted by Crippen LogP contribution is -2.38. The van der Waals surface area contributed by atoms with E-state index in [2.05, 4.69) is 5.32 Å². The van der Waals surface area contributed by atoms with Gasteiger partial charge in [0.2, 0.25) is 11.8 Å². The minimum absolute atomic E-state index is 0.0894. The molecule has 6 nitrogen and oxygen atoms in total. The zero-order valence-corrected chi connectivity index (χ0v) is 16.9. The Morgan fingerprint density at radius 2 is 2.10 bits per heavy atom. The third-order valence-corrected chi connectivity index (χ3v) is 4.98. The Balaban J connectivity index is 1.66. The molecule has 29 heavy (non-hydrogen) atoms. The van der Waals surface area contributed by atoms with E-state index in [4.69, 9.17) is 4.74 Å². The molecule has 1 heterocycles. The molecule has 0 aliphatic carbocycles. The van der Waals surface area contributed by atoms with Gasteiger partial charge < -0.3 is 19.9 Å². The Bertz CT molecular complexity index is 903. The number of nitrogens with one attached hydrogen (secondary N) is 1. The molecule has 1 fully saturated rings. The van der Waals surface area contributed by atoms with Crippen LogP contribution in [0.3, 0.4) is 0 Å². The van der Waals surface area contributed by atoms with Crippen molar-refractivity contribution in [1.29, 1.82) is 0 Å². The summed E-state index contributed by atoms with van der Waals surface area (Å²) < 4.78 is 18.8. The third-order valence-electron chi connectivity index (χ3n) is 4.98. The van der Waals surface area contributed by atoms with Gasteiger partial charge in [0.1, 0.15) is 17.6 Å². The van der Waals surface area contributed by atoms with Crippen LogP contribution in [-0.4, -0.2) is 43.5 Å². The topological polar surface area (TPSA) is 61.9 Å². The summed E-state index contributed by atoms with van der Waals surface area (Å²) in [5, 5.41) is 3.17. The SMILES string of the molecule is COc1cc(NC(C)C(=O)N(C)Cc2cccc(F)c2)ccc1N1CCCC1=O. The monoisotopic (exact) mass is 399 g/mol. The summed E-state index contributed by atoms with van der Waals surface area (Å²) in [6.45, 7) is 2.78. The summed E-state index contributed by atoms with van der Waals surface area (Å²) in [5.74, 6) is 0.231. The van der Waals surface area contributed by atoms with Crippen molar-refractivity contribution in [2.75, 3.05) is 30.9 Å². The van der Waals surface area contributed by atoms with Gasteiger partial charge in [-0.3, -0.25) is 9.59 Å². The molecule has 2 aromatic carbocycles. The second-order valence-electron chi connectivity index (χ2n) is 7.23. The van der Waals surface area contributed by atoms with E-state index >= 15 is 0 Å². The first-order valence-corrected chi connectivity index (χ1v) is 9.63. The fourth-order valence-corrected chi connectivity index (χ4v) is 3.52. The fourth-order valence-electron chi connectivity index (χ4n) is 3.52. The predicted octanol–water partition coefficient (Wildman–Crippen LogP) is 3.42. The van der Waals surface area contributed by atoms with Crippen molar-refractivity contribution in [2.45, 2.75) is 32.4 Å². The standard InChI is InChI=1S/C22H26FN3O3/c1-15(22(28)25(2)14-16-6-4-7-17(23)12-16)24-18-9-10-19(20(13-18)29-3)26-11-5-8-21(26)27/h4,6-7,9-10,12-13,15,24H,5,8,11,14H2,1-3H3. The van der Waals surface area contributed by atoms with Crippen molar-refractivity contribution in [1.82, 2.24) is 4.90 Å². The summed E-state index contributed by atoms with van der Waals surface area (Å²) in [6, 6.07) is 11.2. The Morgan fingerprint density at radius 1 is 1.31 bits per heavy atom. The second kappa shape index (κ2) is 8.94. The third kappa shape index (κ3) is 4.85. The number of amides is 2. The number of anilines is 2. The van der Waals surface area contributed by atoms with Crippen LogP contribution in [0.25, 0.3) is 0 Å². The van der Waals surface area contributed by atoms with Gasteiger partial charge in [0.15, 0.2) is 0 Å². The molecule has 0 radical (unpaired) electrons. The molecule has 2 aromatic rings. The zero-order valence-electron chi connectivity index (χ0n) is 16.9. The number of halogens is 1. The Morgan fingerprint density at radius 3 is 2.76 bits per heavy atom. The predicted molar refractivity (Wildman–Crippen MR) is 111 cm³/mol. The van der Waals surface area contributed by atoms with E-state index in [0.29, 0.717) is 25.3 Å². The number of carbonyl (C=O) groups excluding carboxylic acids is 2. The number of benzene rings is 2. The van der Waals surface area contributed by atoms with E-state index in [1.54, 1.807) is 49.1 Å². The van der Waals surface area contributed by atoms with Crippen LogP contribution < -0.4 is 15.0 Å². The van der Waals surface area contributed by atoms with Crippen LogP contribution in [0.15, 0.2) is 42.5 Å². The molecule has 2 amide bonds. The van der Waals surface area contributed by atoms with Crippen molar-refractivity contribution in [3.63, 3.8) is 0 Å². The Kier molecular flexibility index (Phi) is 6.36. The molecule has 1 aliphatic heterocycles. The van der Waals surface area contributed by atoms with E-state index in [0.717, 1.165) is 23.4 Å². The molecule has 0 spiro atoms. The molecule has 3 rings (SSSR count). The molecule has 0 aromatic heterocycles. The average Bonchev–Trinajstić information content (AvgIpc) is 3.12. The number of nitrogens with zero attached hydrogens (tertiary/aromatic N) is 2. The van der Waals surface area contributed by atoms with Crippen LogP contribution in [-0.2, 0) is 16.1 Å². The first kappa shape index (κ1) is 20.6. The van der Waals surface area contributed by atoms with Gasteiger partial charge in [0, 0.05) is 38.3 Å².